The van der Waals surface area contributed by atoms with Crippen LogP contribution < -0.4 is 19.7 Å². The lowest BCUT2D eigenvalue weighted by molar-refractivity contribution is -0.113. The second kappa shape index (κ2) is 10.9. The summed E-state index contributed by atoms with van der Waals surface area (Å²) in [4.78, 5) is 19.5. The van der Waals surface area contributed by atoms with Crippen LogP contribution in [0.25, 0.3) is 5.65 Å². The first-order valence-electron chi connectivity index (χ1n) is 11.4. The van der Waals surface area contributed by atoms with Crippen molar-refractivity contribution in [3.63, 3.8) is 0 Å². The lowest BCUT2D eigenvalue weighted by Gasteiger charge is -2.31. The molecule has 1 N–H and O–H groups in total. The van der Waals surface area contributed by atoms with Gasteiger partial charge in [0.05, 0.1) is 43.6 Å². The highest BCUT2D eigenvalue weighted by atomic mass is 32.2. The fourth-order valence-corrected chi connectivity index (χ4v) is 4.64. The summed E-state index contributed by atoms with van der Waals surface area (Å²) in [5, 5.41) is 12.0. The third-order valence-electron chi connectivity index (χ3n) is 5.28. The molecule has 0 bridgehead atoms. The van der Waals surface area contributed by atoms with Gasteiger partial charge in [0.15, 0.2) is 10.8 Å². The zero-order valence-corrected chi connectivity index (χ0v) is 20.8. The highest BCUT2D eigenvalue weighted by Gasteiger charge is 2.21. The minimum absolute atomic E-state index is 0.162. The number of fused-ring (bicyclic) bond motifs is 1. The molecule has 1 aromatic carbocycles. The van der Waals surface area contributed by atoms with E-state index in [0.29, 0.717) is 54.4 Å². The number of aromatic nitrogens is 4. The van der Waals surface area contributed by atoms with Crippen molar-refractivity contribution in [1.82, 2.24) is 19.6 Å². The summed E-state index contributed by atoms with van der Waals surface area (Å²) in [7, 11) is 0. The first-order valence-corrected chi connectivity index (χ1v) is 12.4. The lowest BCUT2D eigenvalue weighted by Crippen LogP contribution is -2.36. The number of thioether (sulfide) groups is 1. The van der Waals surface area contributed by atoms with Gasteiger partial charge >= 0.3 is 0 Å². The summed E-state index contributed by atoms with van der Waals surface area (Å²) < 4.78 is 19.1. The molecular formula is C23H30N6O4S. The van der Waals surface area contributed by atoms with Crippen molar-refractivity contribution in [2.24, 2.45) is 0 Å². The van der Waals surface area contributed by atoms with E-state index in [2.05, 4.69) is 25.4 Å². The number of carbonyl (C=O) groups is 1. The molecule has 10 nitrogen and oxygen atoms in total. The number of rotatable bonds is 9. The monoisotopic (exact) mass is 486 g/mol. The Labute approximate surface area is 203 Å². The Hall–Kier alpha value is -3.05. The maximum atomic E-state index is 12.9. The predicted octanol–water partition coefficient (Wildman–Crippen LogP) is 3.11. The molecule has 0 radical (unpaired) electrons. The SMILES string of the molecule is CCOc1cc(N2CCOCC2)c(OCC)cc1NC(=O)CSc1nnc2cc(C)nc(C)n12. The Morgan fingerprint density at radius 3 is 2.56 bits per heavy atom. The van der Waals surface area contributed by atoms with Crippen LogP contribution in [0.15, 0.2) is 23.4 Å². The maximum absolute atomic E-state index is 12.9. The van der Waals surface area contributed by atoms with E-state index in [-0.39, 0.29) is 11.7 Å². The molecule has 1 saturated heterocycles. The summed E-state index contributed by atoms with van der Waals surface area (Å²) >= 11 is 1.31. The number of nitrogens with zero attached hydrogens (tertiary/aromatic N) is 5. The Morgan fingerprint density at radius 2 is 1.82 bits per heavy atom. The van der Waals surface area contributed by atoms with Crippen LogP contribution in [0.3, 0.4) is 0 Å². The predicted molar refractivity (Wildman–Crippen MR) is 131 cm³/mol. The average molecular weight is 487 g/mol. The van der Waals surface area contributed by atoms with Gasteiger partial charge in [-0.3, -0.25) is 9.20 Å². The molecule has 1 aliphatic rings. The van der Waals surface area contributed by atoms with Crippen molar-refractivity contribution in [2.45, 2.75) is 32.9 Å². The number of amides is 1. The molecule has 2 aromatic heterocycles. The van der Waals surface area contributed by atoms with E-state index in [9.17, 15) is 4.79 Å². The summed E-state index contributed by atoms with van der Waals surface area (Å²) in [6.07, 6.45) is 0. The van der Waals surface area contributed by atoms with Crippen LogP contribution in [0.4, 0.5) is 11.4 Å². The molecule has 1 amide bonds. The molecule has 4 rings (SSSR count). The number of morpholine rings is 1. The van der Waals surface area contributed by atoms with Gasteiger partial charge in [-0.2, -0.15) is 0 Å². The number of ether oxygens (including phenoxy) is 3. The molecule has 11 heteroatoms. The Kier molecular flexibility index (Phi) is 7.73. The van der Waals surface area contributed by atoms with Crippen molar-refractivity contribution < 1.29 is 19.0 Å². The molecular weight excluding hydrogens is 456 g/mol. The summed E-state index contributed by atoms with van der Waals surface area (Å²) in [5.74, 6) is 2.07. The third kappa shape index (κ3) is 5.36. The maximum Gasteiger partial charge on any atom is 0.234 e. The second-order valence-electron chi connectivity index (χ2n) is 7.74. The van der Waals surface area contributed by atoms with Gasteiger partial charge in [-0.25, -0.2) is 4.98 Å². The van der Waals surface area contributed by atoms with Crippen molar-refractivity contribution in [1.29, 1.82) is 0 Å². The number of hydrogen-bond donors (Lipinski definition) is 1. The minimum Gasteiger partial charge on any atom is -0.492 e. The van der Waals surface area contributed by atoms with Crippen LogP contribution >= 0.6 is 11.8 Å². The fourth-order valence-electron chi connectivity index (χ4n) is 3.86. The van der Waals surface area contributed by atoms with E-state index < -0.39 is 0 Å². The van der Waals surface area contributed by atoms with E-state index in [1.165, 1.54) is 11.8 Å². The normalized spacial score (nSPS) is 13.8. The van der Waals surface area contributed by atoms with Gasteiger partial charge in [-0.15, -0.1) is 10.2 Å². The number of carbonyl (C=O) groups excluding carboxylic acids is 1. The average Bonchev–Trinajstić information content (AvgIpc) is 3.23. The molecule has 0 aliphatic carbocycles. The van der Waals surface area contributed by atoms with Crippen LogP contribution in [0.2, 0.25) is 0 Å². The molecule has 3 heterocycles. The highest BCUT2D eigenvalue weighted by molar-refractivity contribution is 7.99. The van der Waals surface area contributed by atoms with Gasteiger partial charge in [0, 0.05) is 37.0 Å². The van der Waals surface area contributed by atoms with Crippen LogP contribution in [-0.4, -0.2) is 70.8 Å². The summed E-state index contributed by atoms with van der Waals surface area (Å²) in [6.45, 7) is 11.5. The first kappa shape index (κ1) is 24.1. The fraction of sp³-hybridized carbons (Fsp3) is 0.478. The first-order chi connectivity index (χ1) is 16.5. The van der Waals surface area contributed by atoms with Crippen molar-refractivity contribution >= 4 is 34.7 Å². The van der Waals surface area contributed by atoms with Crippen LogP contribution in [0, 0.1) is 13.8 Å². The number of hydrogen-bond acceptors (Lipinski definition) is 9. The Morgan fingerprint density at radius 1 is 1.09 bits per heavy atom. The Bertz CT molecular complexity index is 1160. The van der Waals surface area contributed by atoms with E-state index in [4.69, 9.17) is 14.2 Å². The quantitative estimate of drug-likeness (QED) is 0.457. The molecule has 0 spiro atoms. The molecule has 0 saturated carbocycles. The molecule has 1 aliphatic heterocycles. The van der Waals surface area contributed by atoms with Gasteiger partial charge in [0.1, 0.15) is 17.3 Å². The van der Waals surface area contributed by atoms with E-state index in [1.54, 1.807) is 0 Å². The third-order valence-corrected chi connectivity index (χ3v) is 6.21. The number of nitrogens with one attached hydrogen (secondary N) is 1. The molecule has 0 atom stereocenters. The lowest BCUT2D eigenvalue weighted by atomic mass is 10.2. The Balaban J connectivity index is 1.52. The van der Waals surface area contributed by atoms with Gasteiger partial charge in [0.2, 0.25) is 5.91 Å². The van der Waals surface area contributed by atoms with Crippen LogP contribution in [0.1, 0.15) is 25.4 Å². The summed E-state index contributed by atoms with van der Waals surface area (Å²) in [5.41, 5.74) is 3.11. The van der Waals surface area contributed by atoms with E-state index in [0.717, 1.165) is 30.3 Å². The van der Waals surface area contributed by atoms with Crippen LogP contribution in [-0.2, 0) is 9.53 Å². The highest BCUT2D eigenvalue weighted by Crippen LogP contribution is 2.39. The van der Waals surface area contributed by atoms with Gasteiger partial charge in [0.25, 0.3) is 0 Å². The largest absolute Gasteiger partial charge is 0.492 e. The van der Waals surface area contributed by atoms with E-state index >= 15 is 0 Å². The smallest absolute Gasteiger partial charge is 0.234 e. The van der Waals surface area contributed by atoms with Crippen molar-refractivity contribution in [3.8, 4) is 11.5 Å². The molecule has 34 heavy (non-hydrogen) atoms. The molecule has 3 aromatic rings. The second-order valence-corrected chi connectivity index (χ2v) is 8.68. The van der Waals surface area contributed by atoms with Crippen LogP contribution in [0.5, 0.6) is 11.5 Å². The minimum atomic E-state index is -0.179. The topological polar surface area (TPSA) is 103 Å². The van der Waals surface area contributed by atoms with Gasteiger partial charge < -0.3 is 24.4 Å². The molecule has 1 fully saturated rings. The summed E-state index contributed by atoms with van der Waals surface area (Å²) in [6, 6.07) is 5.64. The van der Waals surface area contributed by atoms with E-state index in [1.807, 2.05) is 50.3 Å². The number of anilines is 2. The zero-order valence-electron chi connectivity index (χ0n) is 20.0. The molecule has 0 unspecified atom stereocenters. The zero-order chi connectivity index (χ0) is 24.1. The van der Waals surface area contributed by atoms with Gasteiger partial charge in [-0.1, -0.05) is 11.8 Å². The molecule has 182 valence electrons. The standard InChI is InChI=1S/C23H30N6O4S/c1-5-32-19-13-18(28-7-9-31-10-8-28)20(33-6-2)12-17(19)25-22(30)14-34-23-27-26-21-11-15(3)24-16(4)29(21)23/h11-13H,5-10,14H2,1-4H3,(H,25,30). The number of benzene rings is 1. The van der Waals surface area contributed by atoms with Crippen molar-refractivity contribution in [3.05, 3.63) is 29.7 Å². The van der Waals surface area contributed by atoms with Gasteiger partial charge in [-0.05, 0) is 27.7 Å². The number of aryl methyl sites for hydroxylation is 2. The van der Waals surface area contributed by atoms with Crippen molar-refractivity contribution in [2.75, 3.05) is 55.5 Å².